The lowest BCUT2D eigenvalue weighted by atomic mass is 9.97. The molecule has 3 aromatic carbocycles. The second-order valence-electron chi connectivity index (χ2n) is 7.12. The van der Waals surface area contributed by atoms with Crippen LogP contribution in [0.25, 0.3) is 22.2 Å². The van der Waals surface area contributed by atoms with Gasteiger partial charge >= 0.3 is 5.97 Å². The van der Waals surface area contributed by atoms with E-state index in [0.29, 0.717) is 49.2 Å². The number of hydrogen-bond donors (Lipinski definition) is 1. The number of amides is 1. The summed E-state index contributed by atoms with van der Waals surface area (Å²) in [7, 11) is 1.32. The van der Waals surface area contributed by atoms with Gasteiger partial charge in [0.1, 0.15) is 0 Å². The van der Waals surface area contributed by atoms with Crippen LogP contribution in [0.4, 0.5) is 5.69 Å². The van der Waals surface area contributed by atoms with E-state index in [4.69, 9.17) is 32.9 Å². The number of fused-ring (bicyclic) bond motifs is 1. The summed E-state index contributed by atoms with van der Waals surface area (Å²) in [5, 5.41) is 4.60. The third kappa shape index (κ3) is 4.17. The van der Waals surface area contributed by atoms with Crippen molar-refractivity contribution in [1.82, 2.24) is 4.98 Å². The summed E-state index contributed by atoms with van der Waals surface area (Å²) >= 11 is 12.5. The summed E-state index contributed by atoms with van der Waals surface area (Å²) in [6.07, 6.45) is 0. The van der Waals surface area contributed by atoms with Gasteiger partial charge in [0, 0.05) is 21.7 Å². The number of ether oxygens (including phenoxy) is 1. The summed E-state index contributed by atoms with van der Waals surface area (Å²) in [6, 6.07) is 19.1. The smallest absolute Gasteiger partial charge is 0.337 e. The van der Waals surface area contributed by atoms with Gasteiger partial charge in [0.05, 0.1) is 34.5 Å². The Morgan fingerprint density at radius 1 is 0.969 bits per heavy atom. The van der Waals surface area contributed by atoms with E-state index in [-0.39, 0.29) is 5.91 Å². The Hall–Kier alpha value is -3.41. The highest BCUT2D eigenvalue weighted by atomic mass is 35.5. The summed E-state index contributed by atoms with van der Waals surface area (Å²) in [5.41, 5.74) is 4.10. The molecule has 7 heteroatoms. The van der Waals surface area contributed by atoms with Gasteiger partial charge in [-0.2, -0.15) is 0 Å². The van der Waals surface area contributed by atoms with Gasteiger partial charge < -0.3 is 10.1 Å². The molecule has 1 aromatic heterocycles. The number of benzene rings is 3. The van der Waals surface area contributed by atoms with Gasteiger partial charge in [0.15, 0.2) is 0 Å². The molecule has 0 radical (unpaired) electrons. The van der Waals surface area contributed by atoms with Crippen LogP contribution in [0, 0.1) is 6.92 Å². The van der Waals surface area contributed by atoms with Crippen LogP contribution in [-0.2, 0) is 4.74 Å². The van der Waals surface area contributed by atoms with Crippen LogP contribution in [0.15, 0.2) is 66.7 Å². The van der Waals surface area contributed by atoms with E-state index >= 15 is 0 Å². The van der Waals surface area contributed by atoms with Crippen LogP contribution >= 0.6 is 23.2 Å². The average Bonchev–Trinajstić information content (AvgIpc) is 2.79. The minimum atomic E-state index is -0.441. The lowest BCUT2D eigenvalue weighted by Crippen LogP contribution is -2.15. The fraction of sp³-hybridized carbons (Fsp3) is 0.0800. The molecule has 4 rings (SSSR count). The predicted molar refractivity (Wildman–Crippen MR) is 128 cm³/mol. The number of carbonyl (C=O) groups excluding carboxylic acids is 2. The first-order valence-corrected chi connectivity index (χ1v) is 10.5. The summed E-state index contributed by atoms with van der Waals surface area (Å²) in [4.78, 5) is 29.8. The number of methoxy groups -OCH3 is 1. The first kappa shape index (κ1) is 21.8. The van der Waals surface area contributed by atoms with Gasteiger partial charge in [-0.05, 0) is 61.0 Å². The summed E-state index contributed by atoms with van der Waals surface area (Å²) in [5.74, 6) is -0.735. The molecule has 1 N–H and O–H groups in total. The van der Waals surface area contributed by atoms with Crippen molar-refractivity contribution in [3.8, 4) is 11.3 Å². The highest BCUT2D eigenvalue weighted by Crippen LogP contribution is 2.35. The van der Waals surface area contributed by atoms with Crippen molar-refractivity contribution >= 4 is 51.7 Å². The number of hydrogen-bond acceptors (Lipinski definition) is 4. The number of nitrogens with zero attached hydrogens (tertiary/aromatic N) is 1. The first-order chi connectivity index (χ1) is 15.4. The maximum absolute atomic E-state index is 13.4. The zero-order valence-electron chi connectivity index (χ0n) is 17.3. The highest BCUT2D eigenvalue weighted by molar-refractivity contribution is 6.36. The van der Waals surface area contributed by atoms with Crippen LogP contribution in [0.1, 0.15) is 26.3 Å². The van der Waals surface area contributed by atoms with Gasteiger partial charge in [-0.15, -0.1) is 0 Å². The van der Waals surface area contributed by atoms with Crippen molar-refractivity contribution in [3.05, 3.63) is 93.5 Å². The SMILES string of the molecule is COC(=O)c1ccc(NC(=O)c2c(C)c(-c3ccc(Cl)cc3Cl)nc3ccccc23)cc1. The zero-order chi connectivity index (χ0) is 22.8. The number of rotatable bonds is 4. The molecule has 0 aliphatic heterocycles. The molecule has 0 saturated carbocycles. The standard InChI is InChI=1S/C25H18Cl2N2O3/c1-14-22(24(30)28-17-10-7-15(8-11-17)25(31)32-2)19-5-3-4-6-21(19)29-23(14)18-12-9-16(26)13-20(18)27/h3-13H,1-2H3,(H,28,30). The molecule has 1 amide bonds. The van der Waals surface area contributed by atoms with Crippen molar-refractivity contribution in [1.29, 1.82) is 0 Å². The number of para-hydroxylation sites is 1. The van der Waals surface area contributed by atoms with Crippen LogP contribution < -0.4 is 5.32 Å². The number of carbonyl (C=O) groups is 2. The van der Waals surface area contributed by atoms with E-state index < -0.39 is 5.97 Å². The van der Waals surface area contributed by atoms with Gasteiger partial charge in [-0.1, -0.05) is 41.4 Å². The molecule has 4 aromatic rings. The molecule has 5 nitrogen and oxygen atoms in total. The molecule has 1 heterocycles. The topological polar surface area (TPSA) is 68.3 Å². The van der Waals surface area contributed by atoms with Crippen LogP contribution in [0.5, 0.6) is 0 Å². The van der Waals surface area contributed by atoms with Crippen molar-refractivity contribution in [2.75, 3.05) is 12.4 Å². The summed E-state index contributed by atoms with van der Waals surface area (Å²) < 4.78 is 4.71. The monoisotopic (exact) mass is 464 g/mol. The number of nitrogens with one attached hydrogen (secondary N) is 1. The Morgan fingerprint density at radius 3 is 2.38 bits per heavy atom. The Morgan fingerprint density at radius 2 is 1.69 bits per heavy atom. The molecule has 0 atom stereocenters. The summed E-state index contributed by atoms with van der Waals surface area (Å²) in [6.45, 7) is 1.84. The van der Waals surface area contributed by atoms with Crippen LogP contribution in [0.3, 0.4) is 0 Å². The molecule has 0 spiro atoms. The Balaban J connectivity index is 1.80. The van der Waals surface area contributed by atoms with E-state index in [1.165, 1.54) is 7.11 Å². The van der Waals surface area contributed by atoms with Gasteiger partial charge in [0.2, 0.25) is 0 Å². The lowest BCUT2D eigenvalue weighted by molar-refractivity contribution is 0.0600. The molecule has 0 fully saturated rings. The Kier molecular flexibility index (Phi) is 6.12. The number of aromatic nitrogens is 1. The lowest BCUT2D eigenvalue weighted by Gasteiger charge is -2.16. The highest BCUT2D eigenvalue weighted by Gasteiger charge is 2.20. The predicted octanol–water partition coefficient (Wildman–Crippen LogP) is 6.56. The second kappa shape index (κ2) is 8.99. The molecule has 0 saturated heterocycles. The normalized spacial score (nSPS) is 10.8. The maximum Gasteiger partial charge on any atom is 0.337 e. The third-order valence-corrected chi connectivity index (χ3v) is 5.66. The number of halogens is 2. The Labute approximate surface area is 194 Å². The van der Waals surface area contributed by atoms with Crippen LogP contribution in [-0.4, -0.2) is 24.0 Å². The fourth-order valence-corrected chi connectivity index (χ4v) is 4.04. The third-order valence-electron chi connectivity index (χ3n) is 5.11. The molecule has 32 heavy (non-hydrogen) atoms. The van der Waals surface area contributed by atoms with Gasteiger partial charge in [-0.25, -0.2) is 9.78 Å². The number of pyridine rings is 1. The molecule has 0 aliphatic carbocycles. The number of anilines is 1. The molecule has 160 valence electrons. The largest absolute Gasteiger partial charge is 0.465 e. The van der Waals surface area contributed by atoms with Crippen molar-refractivity contribution in [2.24, 2.45) is 0 Å². The van der Waals surface area contributed by atoms with Gasteiger partial charge in [0.25, 0.3) is 5.91 Å². The zero-order valence-corrected chi connectivity index (χ0v) is 18.8. The van der Waals surface area contributed by atoms with E-state index in [1.54, 1.807) is 42.5 Å². The van der Waals surface area contributed by atoms with E-state index in [2.05, 4.69) is 5.32 Å². The Bertz CT molecular complexity index is 1350. The van der Waals surface area contributed by atoms with E-state index in [0.717, 1.165) is 5.39 Å². The van der Waals surface area contributed by atoms with Gasteiger partial charge in [-0.3, -0.25) is 4.79 Å². The molecular formula is C25H18Cl2N2O3. The quantitative estimate of drug-likeness (QED) is 0.347. The minimum Gasteiger partial charge on any atom is -0.465 e. The van der Waals surface area contributed by atoms with E-state index in [9.17, 15) is 9.59 Å². The van der Waals surface area contributed by atoms with Crippen molar-refractivity contribution < 1.29 is 14.3 Å². The van der Waals surface area contributed by atoms with Crippen molar-refractivity contribution in [3.63, 3.8) is 0 Å². The average molecular weight is 465 g/mol. The maximum atomic E-state index is 13.4. The van der Waals surface area contributed by atoms with Crippen LogP contribution in [0.2, 0.25) is 10.0 Å². The molecule has 0 aliphatic rings. The minimum absolute atomic E-state index is 0.293. The van der Waals surface area contributed by atoms with E-state index in [1.807, 2.05) is 31.2 Å². The second-order valence-corrected chi connectivity index (χ2v) is 7.97. The first-order valence-electron chi connectivity index (χ1n) is 9.73. The number of esters is 1. The van der Waals surface area contributed by atoms with Crippen molar-refractivity contribution in [2.45, 2.75) is 6.92 Å². The molecule has 0 bridgehead atoms. The molecule has 0 unspecified atom stereocenters. The molecular weight excluding hydrogens is 447 g/mol. The fourth-order valence-electron chi connectivity index (χ4n) is 3.54.